The van der Waals surface area contributed by atoms with Crippen molar-refractivity contribution in [3.8, 4) is 5.75 Å². The van der Waals surface area contributed by atoms with Gasteiger partial charge in [-0.3, -0.25) is 0 Å². The van der Waals surface area contributed by atoms with Crippen LogP contribution in [-0.2, 0) is 0 Å². The Kier molecular flexibility index (Phi) is 3.49. The van der Waals surface area contributed by atoms with Crippen LogP contribution in [0.5, 0.6) is 5.75 Å². The molecule has 0 aliphatic heterocycles. The monoisotopic (exact) mass is 234 g/mol. The van der Waals surface area contributed by atoms with E-state index in [9.17, 15) is 4.39 Å². The first-order valence-corrected chi connectivity index (χ1v) is 4.22. The van der Waals surface area contributed by atoms with Gasteiger partial charge in [0.2, 0.25) is 0 Å². The molecule has 0 atom stereocenters. The Hall–Kier alpha value is -0.610. The van der Waals surface area contributed by atoms with E-state index in [0.29, 0.717) is 4.47 Å². The number of ether oxygens (including phenoxy) is 1. The third kappa shape index (κ3) is 2.46. The first-order valence-electron chi connectivity index (χ1n) is 3.43. The van der Waals surface area contributed by atoms with E-state index in [0.717, 1.165) is 0 Å². The van der Waals surface area contributed by atoms with Crippen molar-refractivity contribution in [2.24, 2.45) is 0 Å². The SMILES string of the molecule is OCCOc1ccc(Br)cc1F. The van der Waals surface area contributed by atoms with E-state index in [-0.39, 0.29) is 19.0 Å². The highest BCUT2D eigenvalue weighted by Crippen LogP contribution is 2.20. The van der Waals surface area contributed by atoms with Crippen molar-refractivity contribution >= 4 is 15.9 Å². The van der Waals surface area contributed by atoms with Gasteiger partial charge in [0.05, 0.1) is 6.61 Å². The van der Waals surface area contributed by atoms with Crippen molar-refractivity contribution in [2.45, 2.75) is 0 Å². The van der Waals surface area contributed by atoms with Crippen LogP contribution in [0.1, 0.15) is 0 Å². The van der Waals surface area contributed by atoms with Crippen LogP contribution in [0.15, 0.2) is 22.7 Å². The lowest BCUT2D eigenvalue weighted by Crippen LogP contribution is -2.02. The minimum absolute atomic E-state index is 0.110. The first kappa shape index (κ1) is 9.48. The van der Waals surface area contributed by atoms with Gasteiger partial charge in [-0.1, -0.05) is 15.9 Å². The number of aliphatic hydroxyl groups is 1. The average Bonchev–Trinajstić information content (AvgIpc) is 2.03. The Labute approximate surface area is 78.1 Å². The summed E-state index contributed by atoms with van der Waals surface area (Å²) in [4.78, 5) is 0. The van der Waals surface area contributed by atoms with E-state index >= 15 is 0 Å². The summed E-state index contributed by atoms with van der Waals surface area (Å²) in [5.41, 5.74) is 0. The molecule has 1 rings (SSSR count). The third-order valence-electron chi connectivity index (χ3n) is 1.24. The number of rotatable bonds is 3. The molecule has 0 unspecified atom stereocenters. The summed E-state index contributed by atoms with van der Waals surface area (Å²) in [5, 5.41) is 8.42. The molecule has 1 N–H and O–H groups in total. The second kappa shape index (κ2) is 4.42. The zero-order chi connectivity index (χ0) is 8.97. The largest absolute Gasteiger partial charge is 0.488 e. The van der Waals surface area contributed by atoms with E-state index in [1.54, 1.807) is 6.07 Å². The number of aliphatic hydroxyl groups excluding tert-OH is 1. The average molecular weight is 235 g/mol. The third-order valence-corrected chi connectivity index (χ3v) is 1.74. The van der Waals surface area contributed by atoms with Crippen LogP contribution in [0.4, 0.5) is 4.39 Å². The molecule has 0 spiro atoms. The molecule has 1 aromatic carbocycles. The van der Waals surface area contributed by atoms with Gasteiger partial charge in [-0.05, 0) is 18.2 Å². The normalized spacial score (nSPS) is 9.92. The molecule has 0 bridgehead atoms. The van der Waals surface area contributed by atoms with Gasteiger partial charge in [0, 0.05) is 4.47 Å². The Morgan fingerprint density at radius 1 is 1.50 bits per heavy atom. The fraction of sp³-hybridized carbons (Fsp3) is 0.250. The standard InChI is InChI=1S/C8H8BrFO2/c9-6-1-2-8(7(10)5-6)12-4-3-11/h1-2,5,11H,3-4H2. The zero-order valence-corrected chi connectivity index (χ0v) is 7.84. The van der Waals surface area contributed by atoms with Crippen molar-refractivity contribution in [2.75, 3.05) is 13.2 Å². The molecule has 0 saturated carbocycles. The maximum Gasteiger partial charge on any atom is 0.166 e. The minimum Gasteiger partial charge on any atom is -0.488 e. The van der Waals surface area contributed by atoms with Gasteiger partial charge in [0.15, 0.2) is 11.6 Å². The molecule has 1 aromatic rings. The molecule has 12 heavy (non-hydrogen) atoms. The van der Waals surface area contributed by atoms with Crippen LogP contribution < -0.4 is 4.74 Å². The molecule has 66 valence electrons. The van der Waals surface area contributed by atoms with E-state index in [4.69, 9.17) is 9.84 Å². The number of hydrogen-bond donors (Lipinski definition) is 1. The van der Waals surface area contributed by atoms with Crippen molar-refractivity contribution < 1.29 is 14.2 Å². The number of benzene rings is 1. The van der Waals surface area contributed by atoms with Crippen LogP contribution in [-0.4, -0.2) is 18.3 Å². The Balaban J connectivity index is 2.72. The summed E-state index contributed by atoms with van der Waals surface area (Å²) >= 11 is 3.12. The fourth-order valence-electron chi connectivity index (χ4n) is 0.748. The fourth-order valence-corrected chi connectivity index (χ4v) is 1.08. The lowest BCUT2D eigenvalue weighted by atomic mass is 10.3. The maximum atomic E-state index is 12.9. The lowest BCUT2D eigenvalue weighted by Gasteiger charge is -2.04. The van der Waals surface area contributed by atoms with E-state index < -0.39 is 5.82 Å². The van der Waals surface area contributed by atoms with Crippen LogP contribution >= 0.6 is 15.9 Å². The molecular weight excluding hydrogens is 227 g/mol. The summed E-state index contributed by atoms with van der Waals surface area (Å²) in [6.07, 6.45) is 0. The topological polar surface area (TPSA) is 29.5 Å². The molecule has 0 radical (unpaired) electrons. The summed E-state index contributed by atoms with van der Waals surface area (Å²) in [6, 6.07) is 4.50. The second-order valence-corrected chi connectivity index (χ2v) is 3.06. The molecule has 2 nitrogen and oxygen atoms in total. The molecule has 0 aromatic heterocycles. The Morgan fingerprint density at radius 3 is 2.83 bits per heavy atom. The smallest absolute Gasteiger partial charge is 0.166 e. The first-order chi connectivity index (χ1) is 5.74. The highest BCUT2D eigenvalue weighted by molar-refractivity contribution is 9.10. The summed E-state index contributed by atoms with van der Waals surface area (Å²) in [7, 11) is 0. The van der Waals surface area contributed by atoms with E-state index in [1.807, 2.05) is 0 Å². The summed E-state index contributed by atoms with van der Waals surface area (Å²) in [6.45, 7) is -0.00590. The van der Waals surface area contributed by atoms with Gasteiger partial charge in [-0.25, -0.2) is 4.39 Å². The number of halogens is 2. The zero-order valence-electron chi connectivity index (χ0n) is 6.26. The van der Waals surface area contributed by atoms with E-state index in [2.05, 4.69) is 15.9 Å². The summed E-state index contributed by atoms with van der Waals surface area (Å²) < 4.78 is 18.5. The van der Waals surface area contributed by atoms with Crippen LogP contribution in [0.2, 0.25) is 0 Å². The van der Waals surface area contributed by atoms with Gasteiger partial charge in [-0.15, -0.1) is 0 Å². The molecule has 4 heteroatoms. The van der Waals surface area contributed by atoms with Gasteiger partial charge in [0.25, 0.3) is 0 Å². The minimum atomic E-state index is -0.433. The predicted molar refractivity (Wildman–Crippen MR) is 46.7 cm³/mol. The molecule has 0 fully saturated rings. The molecule has 0 amide bonds. The van der Waals surface area contributed by atoms with Gasteiger partial charge in [-0.2, -0.15) is 0 Å². The molecule has 0 aliphatic rings. The molecule has 0 heterocycles. The summed E-state index contributed by atoms with van der Waals surface area (Å²) in [5.74, 6) is -0.273. The van der Waals surface area contributed by atoms with Gasteiger partial charge >= 0.3 is 0 Å². The molecule has 0 saturated heterocycles. The predicted octanol–water partition coefficient (Wildman–Crippen LogP) is 1.96. The van der Waals surface area contributed by atoms with Crippen molar-refractivity contribution in [3.63, 3.8) is 0 Å². The van der Waals surface area contributed by atoms with E-state index in [1.165, 1.54) is 12.1 Å². The van der Waals surface area contributed by atoms with Crippen LogP contribution in [0.25, 0.3) is 0 Å². The lowest BCUT2D eigenvalue weighted by molar-refractivity contribution is 0.196. The van der Waals surface area contributed by atoms with Crippen molar-refractivity contribution in [3.05, 3.63) is 28.5 Å². The Morgan fingerprint density at radius 2 is 2.25 bits per heavy atom. The highest BCUT2D eigenvalue weighted by atomic mass is 79.9. The van der Waals surface area contributed by atoms with Crippen molar-refractivity contribution in [1.29, 1.82) is 0 Å². The highest BCUT2D eigenvalue weighted by Gasteiger charge is 2.02. The van der Waals surface area contributed by atoms with Gasteiger partial charge in [0.1, 0.15) is 6.61 Å². The molecule has 0 aliphatic carbocycles. The second-order valence-electron chi connectivity index (χ2n) is 2.15. The van der Waals surface area contributed by atoms with Crippen molar-refractivity contribution in [1.82, 2.24) is 0 Å². The van der Waals surface area contributed by atoms with Crippen LogP contribution in [0.3, 0.4) is 0 Å². The Bertz CT molecular complexity index is 265. The van der Waals surface area contributed by atoms with Gasteiger partial charge < -0.3 is 9.84 Å². The maximum absolute atomic E-state index is 12.9. The molecular formula is C8H8BrFO2. The quantitative estimate of drug-likeness (QED) is 0.867. The number of hydrogen-bond acceptors (Lipinski definition) is 2. The van der Waals surface area contributed by atoms with Crippen LogP contribution in [0, 0.1) is 5.82 Å².